The Balaban J connectivity index is 1.73. The summed E-state index contributed by atoms with van der Waals surface area (Å²) in [5.41, 5.74) is 1.34. The molecule has 0 radical (unpaired) electrons. The van der Waals surface area contributed by atoms with Crippen molar-refractivity contribution in [2.45, 2.75) is 32.2 Å². The number of rotatable bonds is 7. The number of aryl methyl sites for hydroxylation is 1. The average molecular weight is 291 g/mol. The van der Waals surface area contributed by atoms with E-state index in [0.717, 1.165) is 13.0 Å². The lowest BCUT2D eigenvalue weighted by atomic mass is 10.1. The molecule has 1 aliphatic rings. The molecule has 0 aromatic heterocycles. The molecule has 0 heterocycles. The maximum absolute atomic E-state index is 11.7. The van der Waals surface area contributed by atoms with Gasteiger partial charge in [-0.3, -0.25) is 0 Å². The zero-order valence-corrected chi connectivity index (χ0v) is 12.1. The van der Waals surface area contributed by atoms with Crippen LogP contribution < -0.4 is 16.0 Å². The van der Waals surface area contributed by atoms with Gasteiger partial charge in [-0.2, -0.15) is 0 Å². The lowest BCUT2D eigenvalue weighted by molar-refractivity contribution is 0.0696. The van der Waals surface area contributed by atoms with Gasteiger partial charge in [0.2, 0.25) is 0 Å². The van der Waals surface area contributed by atoms with Crippen molar-refractivity contribution in [2.75, 3.05) is 18.4 Å². The molecular formula is C15H21N3O3. The summed E-state index contributed by atoms with van der Waals surface area (Å²) in [7, 11) is 0. The lowest BCUT2D eigenvalue weighted by Crippen LogP contribution is -2.31. The van der Waals surface area contributed by atoms with Gasteiger partial charge in [-0.05, 0) is 50.4 Å². The van der Waals surface area contributed by atoms with Gasteiger partial charge in [0, 0.05) is 18.3 Å². The predicted molar refractivity (Wildman–Crippen MR) is 80.8 cm³/mol. The summed E-state index contributed by atoms with van der Waals surface area (Å²) in [6, 6.07) is 5.20. The summed E-state index contributed by atoms with van der Waals surface area (Å²) >= 11 is 0. The van der Waals surface area contributed by atoms with Gasteiger partial charge in [-0.25, -0.2) is 9.59 Å². The minimum absolute atomic E-state index is 0.196. The molecule has 2 rings (SSSR count). The number of carbonyl (C=O) groups is 2. The Morgan fingerprint density at radius 3 is 2.71 bits per heavy atom. The summed E-state index contributed by atoms with van der Waals surface area (Å²) < 4.78 is 0. The molecule has 0 bridgehead atoms. The number of aromatic carboxylic acids is 1. The summed E-state index contributed by atoms with van der Waals surface area (Å²) in [5.74, 6) is -0.997. The van der Waals surface area contributed by atoms with Crippen LogP contribution in [0.25, 0.3) is 0 Å². The van der Waals surface area contributed by atoms with Crippen LogP contribution in [-0.2, 0) is 0 Å². The first-order valence-electron chi connectivity index (χ1n) is 7.18. The molecule has 21 heavy (non-hydrogen) atoms. The summed E-state index contributed by atoms with van der Waals surface area (Å²) in [6.07, 6.45) is 3.39. The Hall–Kier alpha value is -2.08. The van der Waals surface area contributed by atoms with Crippen molar-refractivity contribution in [3.8, 4) is 0 Å². The van der Waals surface area contributed by atoms with E-state index in [4.69, 9.17) is 5.11 Å². The van der Waals surface area contributed by atoms with E-state index in [9.17, 15) is 9.59 Å². The first kappa shape index (κ1) is 15.3. The van der Waals surface area contributed by atoms with E-state index in [1.54, 1.807) is 19.1 Å². The highest BCUT2D eigenvalue weighted by atomic mass is 16.4. The van der Waals surface area contributed by atoms with E-state index in [1.165, 1.54) is 18.9 Å². The average Bonchev–Trinajstić information content (AvgIpc) is 3.24. The third kappa shape index (κ3) is 5.07. The molecule has 6 nitrogen and oxygen atoms in total. The molecular weight excluding hydrogens is 270 g/mol. The number of hydrogen-bond acceptors (Lipinski definition) is 3. The van der Waals surface area contributed by atoms with Gasteiger partial charge in [0.15, 0.2) is 0 Å². The molecule has 0 unspecified atom stereocenters. The van der Waals surface area contributed by atoms with Crippen molar-refractivity contribution < 1.29 is 14.7 Å². The molecule has 1 fully saturated rings. The van der Waals surface area contributed by atoms with Gasteiger partial charge in [-0.15, -0.1) is 0 Å². The summed E-state index contributed by atoms with van der Waals surface area (Å²) in [5, 5.41) is 17.8. The smallest absolute Gasteiger partial charge is 0.336 e. The fraction of sp³-hybridized carbons (Fsp3) is 0.467. The van der Waals surface area contributed by atoms with Crippen molar-refractivity contribution >= 4 is 17.7 Å². The van der Waals surface area contributed by atoms with Gasteiger partial charge < -0.3 is 21.1 Å². The van der Waals surface area contributed by atoms with E-state index in [2.05, 4.69) is 16.0 Å². The van der Waals surface area contributed by atoms with Gasteiger partial charge in [0.05, 0.1) is 5.56 Å². The maximum atomic E-state index is 11.7. The van der Waals surface area contributed by atoms with Crippen molar-refractivity contribution in [2.24, 2.45) is 0 Å². The van der Waals surface area contributed by atoms with Crippen LogP contribution in [0.4, 0.5) is 10.5 Å². The highest BCUT2D eigenvalue weighted by Gasteiger charge is 2.19. The number of nitrogens with one attached hydrogen (secondary N) is 3. The molecule has 1 saturated carbocycles. The molecule has 1 aliphatic carbocycles. The number of carbonyl (C=O) groups excluding carboxylic acids is 1. The van der Waals surface area contributed by atoms with Crippen LogP contribution in [0, 0.1) is 6.92 Å². The highest BCUT2D eigenvalue weighted by Crippen LogP contribution is 2.18. The van der Waals surface area contributed by atoms with E-state index in [-0.39, 0.29) is 11.6 Å². The zero-order chi connectivity index (χ0) is 15.2. The first-order valence-corrected chi connectivity index (χ1v) is 7.18. The molecule has 114 valence electrons. The molecule has 0 spiro atoms. The third-order valence-corrected chi connectivity index (χ3v) is 3.38. The molecule has 1 aromatic rings. The monoisotopic (exact) mass is 291 g/mol. The minimum Gasteiger partial charge on any atom is -0.478 e. The van der Waals surface area contributed by atoms with Gasteiger partial charge >= 0.3 is 12.0 Å². The zero-order valence-electron chi connectivity index (χ0n) is 12.1. The number of urea groups is 1. The fourth-order valence-corrected chi connectivity index (χ4v) is 1.99. The number of carboxylic acid groups (broad SMARTS) is 1. The standard InChI is InChI=1S/C15H21N3O3/c1-10-3-4-12(9-13(10)14(19)20)18-15(21)17-8-2-7-16-11-5-6-11/h3-4,9,11,16H,2,5-8H2,1H3,(H,19,20)(H2,17,18,21). The third-order valence-electron chi connectivity index (χ3n) is 3.38. The number of benzene rings is 1. The number of amides is 2. The van der Waals surface area contributed by atoms with E-state index >= 15 is 0 Å². The van der Waals surface area contributed by atoms with Gasteiger partial charge in [0.1, 0.15) is 0 Å². The van der Waals surface area contributed by atoms with Gasteiger partial charge in [-0.1, -0.05) is 6.07 Å². The molecule has 0 aliphatic heterocycles. The fourth-order valence-electron chi connectivity index (χ4n) is 1.99. The van der Waals surface area contributed by atoms with Crippen LogP contribution >= 0.6 is 0 Å². The molecule has 4 N–H and O–H groups in total. The molecule has 0 saturated heterocycles. The van der Waals surface area contributed by atoms with E-state index in [0.29, 0.717) is 23.8 Å². The maximum Gasteiger partial charge on any atom is 0.336 e. The molecule has 2 amide bonds. The summed E-state index contributed by atoms with van der Waals surface area (Å²) in [4.78, 5) is 22.7. The minimum atomic E-state index is -0.997. The SMILES string of the molecule is Cc1ccc(NC(=O)NCCCNC2CC2)cc1C(=O)O. The van der Waals surface area contributed by atoms with E-state index < -0.39 is 5.97 Å². The second-order valence-corrected chi connectivity index (χ2v) is 5.30. The van der Waals surface area contributed by atoms with Crippen molar-refractivity contribution in [3.63, 3.8) is 0 Å². The van der Waals surface area contributed by atoms with Crippen molar-refractivity contribution in [1.29, 1.82) is 0 Å². The van der Waals surface area contributed by atoms with Crippen LogP contribution in [0.5, 0.6) is 0 Å². The van der Waals surface area contributed by atoms with Crippen LogP contribution in [-0.4, -0.2) is 36.2 Å². The van der Waals surface area contributed by atoms with Crippen molar-refractivity contribution in [1.82, 2.24) is 10.6 Å². The van der Waals surface area contributed by atoms with E-state index in [1.807, 2.05) is 0 Å². The molecule has 1 aromatic carbocycles. The Bertz CT molecular complexity index is 527. The predicted octanol–water partition coefficient (Wildman–Crippen LogP) is 1.96. The van der Waals surface area contributed by atoms with Crippen LogP contribution in [0.15, 0.2) is 18.2 Å². The number of anilines is 1. The van der Waals surface area contributed by atoms with Crippen LogP contribution in [0.1, 0.15) is 35.2 Å². The van der Waals surface area contributed by atoms with Gasteiger partial charge in [0.25, 0.3) is 0 Å². The van der Waals surface area contributed by atoms with Crippen molar-refractivity contribution in [3.05, 3.63) is 29.3 Å². The largest absolute Gasteiger partial charge is 0.478 e. The number of carboxylic acids is 1. The Morgan fingerprint density at radius 2 is 2.05 bits per heavy atom. The second kappa shape index (κ2) is 7.08. The summed E-state index contributed by atoms with van der Waals surface area (Å²) in [6.45, 7) is 3.21. The molecule has 6 heteroatoms. The van der Waals surface area contributed by atoms with Crippen LogP contribution in [0.3, 0.4) is 0 Å². The molecule has 0 atom stereocenters. The first-order chi connectivity index (χ1) is 10.1. The Labute approximate surface area is 123 Å². The Morgan fingerprint density at radius 1 is 1.29 bits per heavy atom. The second-order valence-electron chi connectivity index (χ2n) is 5.30. The number of hydrogen-bond donors (Lipinski definition) is 4. The Kier molecular flexibility index (Phi) is 5.16. The lowest BCUT2D eigenvalue weighted by Gasteiger charge is -2.09. The topological polar surface area (TPSA) is 90.5 Å². The van der Waals surface area contributed by atoms with Crippen LogP contribution in [0.2, 0.25) is 0 Å². The quantitative estimate of drug-likeness (QED) is 0.578. The highest BCUT2D eigenvalue weighted by molar-refractivity contribution is 5.94. The normalized spacial score (nSPS) is 13.8.